The Morgan fingerprint density at radius 3 is 2.86 bits per heavy atom. The predicted molar refractivity (Wildman–Crippen MR) is 79.3 cm³/mol. The SMILES string of the molecule is Cn1c(Cl)cnc1CN1C[C@H](F)C[C@H]1C(=O)N1CCOCC1. The molecular formula is C14H20ClFN4O2. The first kappa shape index (κ1) is 15.7. The summed E-state index contributed by atoms with van der Waals surface area (Å²) in [5.74, 6) is 0.725. The van der Waals surface area contributed by atoms with Gasteiger partial charge in [-0.25, -0.2) is 9.37 Å². The molecule has 0 spiro atoms. The number of carbonyl (C=O) groups excluding carboxylic acids is 1. The maximum Gasteiger partial charge on any atom is 0.240 e. The van der Waals surface area contributed by atoms with Crippen LogP contribution in [0.25, 0.3) is 0 Å². The van der Waals surface area contributed by atoms with E-state index >= 15 is 0 Å². The quantitative estimate of drug-likeness (QED) is 0.824. The van der Waals surface area contributed by atoms with Gasteiger partial charge in [0.15, 0.2) is 0 Å². The Bertz CT molecular complexity index is 547. The second kappa shape index (κ2) is 6.52. The Balaban J connectivity index is 1.71. The van der Waals surface area contributed by atoms with Crippen molar-refractivity contribution in [1.29, 1.82) is 0 Å². The normalized spacial score (nSPS) is 26.6. The summed E-state index contributed by atoms with van der Waals surface area (Å²) in [7, 11) is 1.81. The predicted octanol–water partition coefficient (Wildman–Crippen LogP) is 0.845. The molecule has 2 atom stereocenters. The molecule has 6 nitrogen and oxygen atoms in total. The highest BCUT2D eigenvalue weighted by Crippen LogP contribution is 2.25. The Kier molecular flexibility index (Phi) is 4.65. The van der Waals surface area contributed by atoms with Gasteiger partial charge in [-0.15, -0.1) is 0 Å². The Hall–Kier alpha value is -1.18. The van der Waals surface area contributed by atoms with Crippen molar-refractivity contribution in [3.05, 3.63) is 17.2 Å². The molecule has 2 aliphatic heterocycles. The number of nitrogens with zero attached hydrogens (tertiary/aromatic N) is 4. The van der Waals surface area contributed by atoms with Gasteiger partial charge >= 0.3 is 0 Å². The number of morpholine rings is 1. The summed E-state index contributed by atoms with van der Waals surface area (Å²) < 4.78 is 20.9. The fraction of sp³-hybridized carbons (Fsp3) is 0.714. The lowest BCUT2D eigenvalue weighted by Gasteiger charge is -2.32. The first-order chi connectivity index (χ1) is 10.6. The van der Waals surface area contributed by atoms with Crippen LogP contribution >= 0.6 is 11.6 Å². The number of imidazole rings is 1. The number of hydrogen-bond acceptors (Lipinski definition) is 4. The van der Waals surface area contributed by atoms with E-state index in [1.807, 2.05) is 11.9 Å². The number of likely N-dealkylation sites (tertiary alicyclic amines) is 1. The van der Waals surface area contributed by atoms with Gasteiger partial charge in [0.25, 0.3) is 0 Å². The van der Waals surface area contributed by atoms with Crippen molar-refractivity contribution in [3.63, 3.8) is 0 Å². The number of amides is 1. The number of hydrogen-bond donors (Lipinski definition) is 0. The van der Waals surface area contributed by atoms with E-state index in [2.05, 4.69) is 4.98 Å². The molecule has 2 fully saturated rings. The summed E-state index contributed by atoms with van der Waals surface area (Å²) in [6, 6.07) is -0.427. The lowest BCUT2D eigenvalue weighted by molar-refractivity contribution is -0.140. The number of rotatable bonds is 3. The lowest BCUT2D eigenvalue weighted by atomic mass is 10.1. The van der Waals surface area contributed by atoms with E-state index in [-0.39, 0.29) is 18.9 Å². The molecule has 0 aliphatic carbocycles. The Morgan fingerprint density at radius 1 is 1.50 bits per heavy atom. The minimum Gasteiger partial charge on any atom is -0.378 e. The highest BCUT2D eigenvalue weighted by Gasteiger charge is 2.39. The van der Waals surface area contributed by atoms with Crippen molar-refractivity contribution in [1.82, 2.24) is 19.4 Å². The lowest BCUT2D eigenvalue weighted by Crippen LogP contribution is -2.49. The van der Waals surface area contributed by atoms with E-state index in [4.69, 9.17) is 16.3 Å². The van der Waals surface area contributed by atoms with Crippen LogP contribution in [0, 0.1) is 0 Å². The molecule has 2 aliphatic rings. The minimum absolute atomic E-state index is 0.0104. The van der Waals surface area contributed by atoms with Gasteiger partial charge in [-0.3, -0.25) is 9.69 Å². The van der Waals surface area contributed by atoms with Crippen LogP contribution in [0.15, 0.2) is 6.20 Å². The second-order valence-corrected chi connectivity index (χ2v) is 6.16. The third-order valence-electron chi connectivity index (χ3n) is 4.33. The first-order valence-corrected chi connectivity index (χ1v) is 7.85. The summed E-state index contributed by atoms with van der Waals surface area (Å²) in [6.07, 6.45) is 0.832. The van der Waals surface area contributed by atoms with Crippen molar-refractivity contribution in [2.45, 2.75) is 25.2 Å². The highest BCUT2D eigenvalue weighted by molar-refractivity contribution is 6.29. The molecule has 22 heavy (non-hydrogen) atoms. The highest BCUT2D eigenvalue weighted by atomic mass is 35.5. The third-order valence-corrected chi connectivity index (χ3v) is 4.68. The van der Waals surface area contributed by atoms with E-state index in [1.165, 1.54) is 0 Å². The minimum atomic E-state index is -0.981. The number of alkyl halides is 1. The molecule has 3 rings (SSSR count). The molecule has 1 aromatic rings. The van der Waals surface area contributed by atoms with E-state index in [9.17, 15) is 9.18 Å². The standard InChI is InChI=1S/C14H20ClFN4O2/c1-18-12(15)7-17-13(18)9-20-8-10(16)6-11(20)14(21)19-2-4-22-5-3-19/h7,10-11H,2-6,8-9H2,1H3/t10-,11+/m1/s1. The van der Waals surface area contributed by atoms with Crippen molar-refractivity contribution in [2.75, 3.05) is 32.8 Å². The zero-order valence-corrected chi connectivity index (χ0v) is 13.3. The second-order valence-electron chi connectivity index (χ2n) is 5.77. The molecule has 3 heterocycles. The monoisotopic (exact) mass is 330 g/mol. The molecule has 1 amide bonds. The smallest absolute Gasteiger partial charge is 0.240 e. The molecule has 122 valence electrons. The summed E-state index contributed by atoms with van der Waals surface area (Å²) >= 11 is 5.98. The van der Waals surface area contributed by atoms with Crippen molar-refractivity contribution < 1.29 is 13.9 Å². The average Bonchev–Trinajstić information content (AvgIpc) is 3.05. The zero-order valence-electron chi connectivity index (χ0n) is 12.5. The van der Waals surface area contributed by atoms with Gasteiger partial charge in [0.2, 0.25) is 5.91 Å². The summed E-state index contributed by atoms with van der Waals surface area (Å²) in [5.41, 5.74) is 0. The van der Waals surface area contributed by atoms with Crippen LogP contribution in [-0.2, 0) is 23.1 Å². The molecule has 1 aromatic heterocycles. The van der Waals surface area contributed by atoms with Crippen LogP contribution in [0.5, 0.6) is 0 Å². The molecule has 8 heteroatoms. The Morgan fingerprint density at radius 2 is 2.23 bits per heavy atom. The number of ether oxygens (including phenoxy) is 1. The summed E-state index contributed by atoms with van der Waals surface area (Å²) in [4.78, 5) is 20.5. The summed E-state index contributed by atoms with van der Waals surface area (Å²) in [5, 5.41) is 0.530. The average molecular weight is 331 g/mol. The number of aromatic nitrogens is 2. The van der Waals surface area contributed by atoms with Gasteiger partial charge < -0.3 is 14.2 Å². The maximum atomic E-state index is 13.9. The molecule has 0 bridgehead atoms. The van der Waals surface area contributed by atoms with Gasteiger partial charge in [0, 0.05) is 33.1 Å². The van der Waals surface area contributed by atoms with Crippen LogP contribution in [0.4, 0.5) is 4.39 Å². The molecule has 0 aromatic carbocycles. The molecule has 0 unspecified atom stereocenters. The van der Waals surface area contributed by atoms with E-state index in [0.717, 1.165) is 5.82 Å². The summed E-state index contributed by atoms with van der Waals surface area (Å²) in [6.45, 7) is 2.93. The Labute approximate surface area is 133 Å². The van der Waals surface area contributed by atoms with Gasteiger partial charge in [0.05, 0.1) is 32.0 Å². The van der Waals surface area contributed by atoms with E-state index < -0.39 is 12.2 Å². The fourth-order valence-electron chi connectivity index (χ4n) is 3.03. The van der Waals surface area contributed by atoms with E-state index in [0.29, 0.717) is 38.0 Å². The fourth-order valence-corrected chi connectivity index (χ4v) is 3.17. The largest absolute Gasteiger partial charge is 0.378 e. The van der Waals surface area contributed by atoms with Crippen LogP contribution in [0.3, 0.4) is 0 Å². The number of carbonyl (C=O) groups is 1. The van der Waals surface area contributed by atoms with Crippen LogP contribution in [0.1, 0.15) is 12.2 Å². The van der Waals surface area contributed by atoms with Gasteiger partial charge in [-0.2, -0.15) is 0 Å². The van der Waals surface area contributed by atoms with E-state index in [1.54, 1.807) is 15.7 Å². The molecule has 2 saturated heterocycles. The van der Waals surface area contributed by atoms with Crippen molar-refractivity contribution in [2.24, 2.45) is 7.05 Å². The van der Waals surface area contributed by atoms with Gasteiger partial charge in [0.1, 0.15) is 17.1 Å². The molecule has 0 radical (unpaired) electrons. The van der Waals surface area contributed by atoms with Crippen LogP contribution < -0.4 is 0 Å². The molecule has 0 saturated carbocycles. The van der Waals surface area contributed by atoms with Crippen molar-refractivity contribution >= 4 is 17.5 Å². The van der Waals surface area contributed by atoms with Gasteiger partial charge in [-0.05, 0) is 0 Å². The van der Waals surface area contributed by atoms with Crippen LogP contribution in [0.2, 0.25) is 5.15 Å². The molecule has 0 N–H and O–H groups in total. The first-order valence-electron chi connectivity index (χ1n) is 7.47. The van der Waals surface area contributed by atoms with Crippen molar-refractivity contribution in [3.8, 4) is 0 Å². The van der Waals surface area contributed by atoms with Gasteiger partial charge in [-0.1, -0.05) is 11.6 Å². The zero-order chi connectivity index (χ0) is 15.7. The topological polar surface area (TPSA) is 50.6 Å². The third kappa shape index (κ3) is 3.11. The van der Waals surface area contributed by atoms with Crippen LogP contribution in [-0.4, -0.2) is 70.3 Å². The number of halogens is 2. The maximum absolute atomic E-state index is 13.9. The molecular weight excluding hydrogens is 311 g/mol.